The van der Waals surface area contributed by atoms with Gasteiger partial charge in [-0.1, -0.05) is 84.9 Å². The van der Waals surface area contributed by atoms with E-state index in [1.807, 2.05) is 60.7 Å². The summed E-state index contributed by atoms with van der Waals surface area (Å²) in [5, 5.41) is 0. The number of hydrogen-bond donors (Lipinski definition) is 0. The van der Waals surface area contributed by atoms with Gasteiger partial charge in [0.25, 0.3) is 0 Å². The number of fused-ring (bicyclic) bond motifs is 1. The number of ketones is 1. The van der Waals surface area contributed by atoms with Crippen molar-refractivity contribution in [3.63, 3.8) is 0 Å². The molecule has 0 bridgehead atoms. The van der Waals surface area contributed by atoms with E-state index in [1.54, 1.807) is 24.3 Å². The van der Waals surface area contributed by atoms with Crippen molar-refractivity contribution in [2.24, 2.45) is 11.8 Å². The number of nitrogens with zero attached hydrogens (tertiary/aromatic N) is 1. The third-order valence-electron chi connectivity index (χ3n) is 6.58. The Morgan fingerprint density at radius 3 is 1.66 bits per heavy atom. The summed E-state index contributed by atoms with van der Waals surface area (Å²) in [5.41, 5.74) is 2.98. The molecule has 158 valence electrons. The van der Waals surface area contributed by atoms with Gasteiger partial charge < -0.3 is 0 Å². The van der Waals surface area contributed by atoms with Crippen LogP contribution in [-0.4, -0.2) is 17.6 Å². The number of imide groups is 1. The molecule has 1 heterocycles. The fraction of sp³-hybridized carbons (Fsp3) is 0.179. The highest BCUT2D eigenvalue weighted by Crippen LogP contribution is 2.50. The summed E-state index contributed by atoms with van der Waals surface area (Å²) < 4.78 is 0. The van der Waals surface area contributed by atoms with Crippen LogP contribution in [0.5, 0.6) is 0 Å². The Balaban J connectivity index is 1.63. The van der Waals surface area contributed by atoms with Crippen LogP contribution in [0.25, 0.3) is 0 Å². The van der Waals surface area contributed by atoms with E-state index >= 15 is 0 Å². The van der Waals surface area contributed by atoms with Crippen molar-refractivity contribution in [2.75, 3.05) is 4.90 Å². The summed E-state index contributed by atoms with van der Waals surface area (Å²) in [6, 6.07) is 26.5. The molecule has 3 aromatic rings. The van der Waals surface area contributed by atoms with Crippen LogP contribution < -0.4 is 4.90 Å². The van der Waals surface area contributed by atoms with E-state index in [0.29, 0.717) is 11.3 Å². The molecule has 0 aromatic heterocycles. The Bertz CT molecular complexity index is 1150. The van der Waals surface area contributed by atoms with Gasteiger partial charge in [0.1, 0.15) is 0 Å². The van der Waals surface area contributed by atoms with E-state index in [1.165, 1.54) is 11.8 Å². The maximum Gasteiger partial charge on any atom is 0.238 e. The van der Waals surface area contributed by atoms with Crippen molar-refractivity contribution in [1.82, 2.24) is 0 Å². The smallest absolute Gasteiger partial charge is 0.238 e. The Hall–Kier alpha value is -3.79. The number of rotatable bonds is 4. The minimum Gasteiger partial charge on any atom is -0.295 e. The van der Waals surface area contributed by atoms with E-state index in [2.05, 4.69) is 12.2 Å². The van der Waals surface area contributed by atoms with Crippen LogP contribution >= 0.6 is 0 Å². The van der Waals surface area contributed by atoms with Gasteiger partial charge in [0, 0.05) is 17.4 Å². The molecule has 0 N–H and O–H groups in total. The molecule has 1 aliphatic carbocycles. The SMILES string of the molecule is CC(=O)c1cccc(N2C(=O)[C@@H]3[C@@H](C2=O)[C@H](c2ccccc2)C=C[C@@H]3c2ccccc2)c1. The molecule has 2 aliphatic rings. The van der Waals surface area contributed by atoms with E-state index in [4.69, 9.17) is 0 Å². The van der Waals surface area contributed by atoms with Crippen LogP contribution in [-0.2, 0) is 9.59 Å². The molecule has 1 fully saturated rings. The minimum atomic E-state index is -0.499. The molecule has 3 aromatic carbocycles. The Labute approximate surface area is 187 Å². The van der Waals surface area contributed by atoms with Crippen LogP contribution in [0.1, 0.15) is 40.2 Å². The molecular weight excluding hydrogens is 398 g/mol. The largest absolute Gasteiger partial charge is 0.295 e. The lowest BCUT2D eigenvalue weighted by Crippen LogP contribution is -2.31. The fourth-order valence-corrected chi connectivity index (χ4v) is 5.05. The van der Waals surface area contributed by atoms with Crippen molar-refractivity contribution in [3.8, 4) is 0 Å². The summed E-state index contributed by atoms with van der Waals surface area (Å²) in [6.45, 7) is 1.48. The molecule has 5 rings (SSSR count). The zero-order valence-electron chi connectivity index (χ0n) is 17.7. The minimum absolute atomic E-state index is 0.102. The average Bonchev–Trinajstić information content (AvgIpc) is 3.10. The molecule has 0 saturated carbocycles. The van der Waals surface area contributed by atoms with E-state index in [-0.39, 0.29) is 29.4 Å². The number of Topliss-reactive ketones (excluding diaryl/α,β-unsaturated/α-hetero) is 1. The lowest BCUT2D eigenvalue weighted by molar-refractivity contribution is -0.122. The second kappa shape index (κ2) is 8.04. The fourth-order valence-electron chi connectivity index (χ4n) is 5.05. The maximum absolute atomic E-state index is 13.8. The first-order valence-electron chi connectivity index (χ1n) is 10.8. The topological polar surface area (TPSA) is 54.5 Å². The highest BCUT2D eigenvalue weighted by molar-refractivity contribution is 6.23. The predicted octanol–water partition coefficient (Wildman–Crippen LogP) is 5.13. The quantitative estimate of drug-likeness (QED) is 0.333. The van der Waals surface area contributed by atoms with Gasteiger partial charge in [-0.3, -0.25) is 14.4 Å². The van der Waals surface area contributed by atoms with Crippen LogP contribution in [0.15, 0.2) is 97.1 Å². The Morgan fingerprint density at radius 2 is 1.19 bits per heavy atom. The molecule has 0 spiro atoms. The van der Waals surface area contributed by atoms with Gasteiger partial charge in [0.05, 0.1) is 17.5 Å². The van der Waals surface area contributed by atoms with Crippen molar-refractivity contribution < 1.29 is 14.4 Å². The van der Waals surface area contributed by atoms with Gasteiger partial charge in [-0.05, 0) is 30.2 Å². The van der Waals surface area contributed by atoms with Gasteiger partial charge in [0.15, 0.2) is 5.78 Å². The molecule has 2 amide bonds. The molecule has 0 radical (unpaired) electrons. The van der Waals surface area contributed by atoms with Gasteiger partial charge >= 0.3 is 0 Å². The number of carbonyl (C=O) groups is 3. The van der Waals surface area contributed by atoms with Crippen LogP contribution in [0.3, 0.4) is 0 Å². The van der Waals surface area contributed by atoms with Crippen molar-refractivity contribution >= 4 is 23.3 Å². The molecule has 0 unspecified atom stereocenters. The summed E-state index contributed by atoms with van der Waals surface area (Å²) in [7, 11) is 0. The van der Waals surface area contributed by atoms with E-state index in [0.717, 1.165) is 11.1 Å². The summed E-state index contributed by atoms with van der Waals surface area (Å²) in [5.74, 6) is -1.88. The zero-order chi connectivity index (χ0) is 22.2. The number of amides is 2. The summed E-state index contributed by atoms with van der Waals surface area (Å²) in [6.07, 6.45) is 4.16. The molecule has 4 atom stereocenters. The first-order valence-corrected chi connectivity index (χ1v) is 10.8. The number of allylic oxidation sites excluding steroid dienone is 2. The van der Waals surface area contributed by atoms with Crippen molar-refractivity contribution in [1.29, 1.82) is 0 Å². The highest BCUT2D eigenvalue weighted by atomic mass is 16.2. The van der Waals surface area contributed by atoms with Crippen molar-refractivity contribution in [3.05, 3.63) is 114 Å². The second-order valence-electron chi connectivity index (χ2n) is 8.43. The van der Waals surface area contributed by atoms with Crippen LogP contribution in [0.2, 0.25) is 0 Å². The molecule has 4 nitrogen and oxygen atoms in total. The Morgan fingerprint density at radius 1 is 0.688 bits per heavy atom. The predicted molar refractivity (Wildman–Crippen MR) is 123 cm³/mol. The van der Waals surface area contributed by atoms with Crippen molar-refractivity contribution in [2.45, 2.75) is 18.8 Å². The molecular formula is C28H23NO3. The van der Waals surface area contributed by atoms with Gasteiger partial charge in [-0.25, -0.2) is 4.90 Å². The van der Waals surface area contributed by atoms with Gasteiger partial charge in [-0.2, -0.15) is 0 Å². The van der Waals surface area contributed by atoms with E-state index < -0.39 is 11.8 Å². The third kappa shape index (κ3) is 3.28. The number of hydrogen-bond acceptors (Lipinski definition) is 3. The molecule has 4 heteroatoms. The molecule has 1 aliphatic heterocycles. The lowest BCUT2D eigenvalue weighted by Gasteiger charge is -2.32. The number of carbonyl (C=O) groups excluding carboxylic acids is 3. The maximum atomic E-state index is 13.8. The van der Waals surface area contributed by atoms with Gasteiger partial charge in [-0.15, -0.1) is 0 Å². The van der Waals surface area contributed by atoms with Gasteiger partial charge in [0.2, 0.25) is 11.8 Å². The summed E-state index contributed by atoms with van der Waals surface area (Å²) >= 11 is 0. The first kappa shape index (κ1) is 20.1. The summed E-state index contributed by atoms with van der Waals surface area (Å²) in [4.78, 5) is 40.8. The van der Waals surface area contributed by atoms with E-state index in [9.17, 15) is 14.4 Å². The Kier molecular flexibility index (Phi) is 5.06. The van der Waals surface area contributed by atoms with Crippen LogP contribution in [0, 0.1) is 11.8 Å². The third-order valence-corrected chi connectivity index (χ3v) is 6.58. The molecule has 32 heavy (non-hydrogen) atoms. The zero-order valence-corrected chi connectivity index (χ0v) is 17.7. The highest BCUT2D eigenvalue weighted by Gasteiger charge is 2.55. The second-order valence-corrected chi connectivity index (χ2v) is 8.43. The van der Waals surface area contributed by atoms with Crippen LogP contribution in [0.4, 0.5) is 5.69 Å². The monoisotopic (exact) mass is 421 g/mol. The standard InChI is InChI=1S/C28H23NO3/c1-18(30)21-13-8-14-22(17-21)29-27(31)25-23(19-9-4-2-5-10-19)15-16-24(26(25)28(29)32)20-11-6-3-7-12-20/h2-17,23-26H,1H3/t23-,24+,25-,26-/m0/s1. The normalized spacial score (nSPS) is 24.5. The first-order chi connectivity index (χ1) is 15.6. The number of anilines is 1. The lowest BCUT2D eigenvalue weighted by atomic mass is 9.68. The number of benzene rings is 3. The average molecular weight is 421 g/mol. The molecule has 1 saturated heterocycles.